The van der Waals surface area contributed by atoms with Gasteiger partial charge in [-0.3, -0.25) is 4.98 Å². The highest BCUT2D eigenvalue weighted by Gasteiger charge is 2.09. The van der Waals surface area contributed by atoms with Crippen molar-refractivity contribution in [3.05, 3.63) is 29.6 Å². The molecule has 3 nitrogen and oxygen atoms in total. The Hall–Kier alpha value is -1.38. The fraction of sp³-hybridized carbons (Fsp3) is 0.250. The first kappa shape index (κ1) is 6.34. The predicted octanol–water partition coefficient (Wildman–Crippen LogP) is 0.697. The van der Waals surface area contributed by atoms with Crippen LogP contribution >= 0.6 is 0 Å². The normalized spacial score (nSPS) is 14.8. The number of hydrazone groups is 1. The van der Waals surface area contributed by atoms with E-state index in [2.05, 4.69) is 21.6 Å². The van der Waals surface area contributed by atoms with Gasteiger partial charge in [0.2, 0.25) is 0 Å². The monoisotopic (exact) mass is 147 g/mol. The molecule has 0 fully saturated rings. The van der Waals surface area contributed by atoms with Gasteiger partial charge in [-0.15, -0.1) is 0 Å². The first-order valence-corrected chi connectivity index (χ1v) is 3.58. The summed E-state index contributed by atoms with van der Waals surface area (Å²) in [6, 6.07) is 2.09. The van der Waals surface area contributed by atoms with Crippen molar-refractivity contribution in [3.63, 3.8) is 0 Å². The number of rotatable bonds is 1. The Balaban J connectivity index is 2.38. The molecule has 0 aliphatic carbocycles. The van der Waals surface area contributed by atoms with E-state index in [9.17, 15) is 0 Å². The van der Waals surface area contributed by atoms with Gasteiger partial charge in [0, 0.05) is 18.0 Å². The predicted molar refractivity (Wildman–Crippen MR) is 43.5 cm³/mol. The molecule has 0 aromatic carbocycles. The van der Waals surface area contributed by atoms with Crippen LogP contribution in [0.5, 0.6) is 0 Å². The van der Waals surface area contributed by atoms with Crippen LogP contribution in [0.1, 0.15) is 11.1 Å². The molecule has 1 aromatic rings. The Kier molecular flexibility index (Phi) is 1.35. The van der Waals surface area contributed by atoms with Crippen LogP contribution in [0, 0.1) is 6.92 Å². The molecule has 0 atom stereocenters. The molecule has 2 heterocycles. The molecular formula is C8H9N3. The molecule has 0 spiro atoms. The van der Waals surface area contributed by atoms with E-state index in [4.69, 9.17) is 0 Å². The smallest absolute Gasteiger partial charge is 0.0898 e. The number of nitrogens with one attached hydrogen (secondary N) is 1. The minimum atomic E-state index is 0.866. The summed E-state index contributed by atoms with van der Waals surface area (Å²) in [7, 11) is 0. The molecule has 3 heteroatoms. The van der Waals surface area contributed by atoms with Gasteiger partial charge < -0.3 is 5.43 Å². The van der Waals surface area contributed by atoms with Crippen LogP contribution in [-0.4, -0.2) is 17.2 Å². The standard InChI is InChI=1S/C8H9N3/c1-6-2-7(4-9-3-6)8-5-10-11-8/h2-4,10H,5H2,1H3. The zero-order chi connectivity index (χ0) is 7.68. The van der Waals surface area contributed by atoms with Crippen LogP contribution in [-0.2, 0) is 0 Å². The van der Waals surface area contributed by atoms with Gasteiger partial charge in [0.15, 0.2) is 0 Å². The third-order valence-corrected chi connectivity index (χ3v) is 1.67. The summed E-state index contributed by atoms with van der Waals surface area (Å²) >= 11 is 0. The summed E-state index contributed by atoms with van der Waals surface area (Å²) in [6.07, 6.45) is 3.68. The van der Waals surface area contributed by atoms with Crippen molar-refractivity contribution >= 4 is 5.71 Å². The minimum Gasteiger partial charge on any atom is -0.304 e. The molecule has 1 aromatic heterocycles. The van der Waals surface area contributed by atoms with Crippen LogP contribution in [0.15, 0.2) is 23.6 Å². The van der Waals surface area contributed by atoms with Gasteiger partial charge in [-0.25, -0.2) is 0 Å². The van der Waals surface area contributed by atoms with Crippen molar-refractivity contribution in [2.75, 3.05) is 6.54 Å². The molecule has 0 saturated heterocycles. The molecule has 0 bridgehead atoms. The van der Waals surface area contributed by atoms with Crippen molar-refractivity contribution in [1.29, 1.82) is 0 Å². The molecule has 0 amide bonds. The molecule has 1 N–H and O–H groups in total. The van der Waals surface area contributed by atoms with E-state index in [1.807, 2.05) is 19.3 Å². The Morgan fingerprint density at radius 2 is 2.27 bits per heavy atom. The lowest BCUT2D eigenvalue weighted by molar-refractivity contribution is 0.772. The highest BCUT2D eigenvalue weighted by molar-refractivity contribution is 6.04. The number of aryl methyl sites for hydroxylation is 1. The molecule has 11 heavy (non-hydrogen) atoms. The van der Waals surface area contributed by atoms with Gasteiger partial charge >= 0.3 is 0 Å². The zero-order valence-corrected chi connectivity index (χ0v) is 6.33. The topological polar surface area (TPSA) is 37.3 Å². The average molecular weight is 147 g/mol. The molecule has 1 aliphatic heterocycles. The molecule has 2 rings (SSSR count). The van der Waals surface area contributed by atoms with Crippen molar-refractivity contribution in [1.82, 2.24) is 10.4 Å². The third kappa shape index (κ3) is 1.09. The maximum atomic E-state index is 4.08. The van der Waals surface area contributed by atoms with E-state index < -0.39 is 0 Å². The zero-order valence-electron chi connectivity index (χ0n) is 6.33. The molecule has 56 valence electrons. The summed E-state index contributed by atoms with van der Waals surface area (Å²) in [4.78, 5) is 4.08. The van der Waals surface area contributed by atoms with Crippen LogP contribution in [0.3, 0.4) is 0 Å². The maximum absolute atomic E-state index is 4.08. The quantitative estimate of drug-likeness (QED) is 0.634. The van der Waals surface area contributed by atoms with Gasteiger partial charge in [0.05, 0.1) is 12.3 Å². The summed E-state index contributed by atoms with van der Waals surface area (Å²) in [5, 5.41) is 4.01. The van der Waals surface area contributed by atoms with Crippen molar-refractivity contribution in [2.45, 2.75) is 6.92 Å². The number of hydrogen-bond donors (Lipinski definition) is 1. The summed E-state index contributed by atoms with van der Waals surface area (Å²) in [6.45, 7) is 2.90. The van der Waals surface area contributed by atoms with Gasteiger partial charge in [0.25, 0.3) is 0 Å². The maximum Gasteiger partial charge on any atom is 0.0898 e. The second-order valence-electron chi connectivity index (χ2n) is 2.64. The number of hydrogen-bond acceptors (Lipinski definition) is 3. The van der Waals surface area contributed by atoms with E-state index in [1.54, 1.807) is 0 Å². The first-order valence-electron chi connectivity index (χ1n) is 3.58. The molecular weight excluding hydrogens is 138 g/mol. The number of pyridine rings is 1. The average Bonchev–Trinajstić information content (AvgIpc) is 1.83. The van der Waals surface area contributed by atoms with Crippen LogP contribution < -0.4 is 5.43 Å². The molecule has 0 saturated carbocycles. The van der Waals surface area contributed by atoms with Crippen LogP contribution in [0.4, 0.5) is 0 Å². The lowest BCUT2D eigenvalue weighted by atomic mass is 10.1. The van der Waals surface area contributed by atoms with Crippen LogP contribution in [0.25, 0.3) is 0 Å². The Morgan fingerprint density at radius 3 is 2.82 bits per heavy atom. The van der Waals surface area contributed by atoms with Crippen molar-refractivity contribution in [3.8, 4) is 0 Å². The van der Waals surface area contributed by atoms with Gasteiger partial charge in [0.1, 0.15) is 0 Å². The third-order valence-electron chi connectivity index (χ3n) is 1.67. The van der Waals surface area contributed by atoms with E-state index in [-0.39, 0.29) is 0 Å². The Bertz CT molecular complexity index is 304. The number of aromatic nitrogens is 1. The second-order valence-corrected chi connectivity index (χ2v) is 2.64. The highest BCUT2D eigenvalue weighted by Crippen LogP contribution is 2.05. The fourth-order valence-corrected chi connectivity index (χ4v) is 1.04. The fourth-order valence-electron chi connectivity index (χ4n) is 1.04. The van der Waals surface area contributed by atoms with Gasteiger partial charge in [-0.1, -0.05) is 0 Å². The lowest BCUT2D eigenvalue weighted by Gasteiger charge is -2.14. The summed E-state index contributed by atoms with van der Waals surface area (Å²) in [5.41, 5.74) is 6.24. The number of nitrogens with zero attached hydrogens (tertiary/aromatic N) is 2. The second kappa shape index (κ2) is 2.34. The minimum absolute atomic E-state index is 0.866. The first-order chi connectivity index (χ1) is 5.36. The SMILES string of the molecule is Cc1cncc(C2=NNC2)c1. The van der Waals surface area contributed by atoms with Crippen molar-refractivity contribution < 1.29 is 0 Å². The molecule has 0 unspecified atom stereocenters. The Labute approximate surface area is 65.2 Å². The summed E-state index contributed by atoms with van der Waals surface area (Å²) in [5.74, 6) is 0. The molecule has 0 radical (unpaired) electrons. The van der Waals surface area contributed by atoms with Crippen molar-refractivity contribution in [2.24, 2.45) is 5.10 Å². The lowest BCUT2D eigenvalue weighted by Crippen LogP contribution is -2.31. The van der Waals surface area contributed by atoms with E-state index >= 15 is 0 Å². The molecule has 1 aliphatic rings. The van der Waals surface area contributed by atoms with E-state index in [0.29, 0.717) is 0 Å². The van der Waals surface area contributed by atoms with E-state index in [1.165, 1.54) is 5.56 Å². The largest absolute Gasteiger partial charge is 0.304 e. The van der Waals surface area contributed by atoms with Gasteiger partial charge in [-0.05, 0) is 18.6 Å². The van der Waals surface area contributed by atoms with Crippen LogP contribution in [0.2, 0.25) is 0 Å². The summed E-state index contributed by atoms with van der Waals surface area (Å²) < 4.78 is 0. The van der Waals surface area contributed by atoms with Gasteiger partial charge in [-0.2, -0.15) is 5.10 Å². The Morgan fingerprint density at radius 1 is 1.45 bits per heavy atom. The van der Waals surface area contributed by atoms with E-state index in [0.717, 1.165) is 17.8 Å². The highest BCUT2D eigenvalue weighted by atomic mass is 15.3.